The molecule has 0 saturated heterocycles. The van der Waals surface area contributed by atoms with E-state index in [1.807, 2.05) is 30.3 Å². The van der Waals surface area contributed by atoms with Gasteiger partial charge >= 0.3 is 5.97 Å². The van der Waals surface area contributed by atoms with Crippen molar-refractivity contribution in [3.63, 3.8) is 0 Å². The highest BCUT2D eigenvalue weighted by molar-refractivity contribution is 5.92. The molecule has 140 valence electrons. The predicted molar refractivity (Wildman–Crippen MR) is 101 cm³/mol. The van der Waals surface area contributed by atoms with E-state index in [1.54, 1.807) is 19.1 Å². The lowest BCUT2D eigenvalue weighted by molar-refractivity contribution is -0.384. The monoisotopic (exact) mass is 368 g/mol. The lowest BCUT2D eigenvalue weighted by Gasteiger charge is -2.23. The summed E-state index contributed by atoms with van der Waals surface area (Å²) in [6.07, 6.45) is 2.76. The molecule has 7 nitrogen and oxygen atoms in total. The molecule has 2 aromatic rings. The van der Waals surface area contributed by atoms with E-state index in [0.717, 1.165) is 5.56 Å². The molecule has 0 fully saturated rings. The van der Waals surface area contributed by atoms with Gasteiger partial charge in [0.15, 0.2) is 0 Å². The maximum absolute atomic E-state index is 12.4. The summed E-state index contributed by atoms with van der Waals surface area (Å²) >= 11 is 0. The fourth-order valence-electron chi connectivity index (χ4n) is 2.59. The second kappa shape index (κ2) is 9.28. The van der Waals surface area contributed by atoms with Crippen molar-refractivity contribution >= 4 is 23.6 Å². The summed E-state index contributed by atoms with van der Waals surface area (Å²) in [5.41, 5.74) is 1.24. The molecule has 1 amide bonds. The number of hydrogen-bond acceptors (Lipinski definition) is 5. The summed E-state index contributed by atoms with van der Waals surface area (Å²) in [7, 11) is 1.30. The Bertz CT molecular complexity index is 848. The molecule has 0 radical (unpaired) electrons. The molecule has 2 aromatic carbocycles. The minimum atomic E-state index is -0.590. The summed E-state index contributed by atoms with van der Waals surface area (Å²) in [5, 5.41) is 13.6. The Labute approximate surface area is 156 Å². The number of nitrogens with one attached hydrogen (secondary N) is 1. The molecule has 0 unspecified atom stereocenters. The van der Waals surface area contributed by atoms with Crippen LogP contribution in [0.3, 0.4) is 0 Å². The first-order valence-corrected chi connectivity index (χ1v) is 8.28. The Hall–Kier alpha value is -3.48. The molecule has 1 N–H and O–H groups in total. The molecule has 0 bridgehead atoms. The second-order valence-electron chi connectivity index (χ2n) is 5.89. The molecule has 2 atom stereocenters. The summed E-state index contributed by atoms with van der Waals surface area (Å²) in [4.78, 5) is 34.6. The van der Waals surface area contributed by atoms with Gasteiger partial charge in [-0.25, -0.2) is 0 Å². The number of carbonyl (C=O) groups is 2. The quantitative estimate of drug-likeness (QED) is 0.350. The zero-order valence-electron chi connectivity index (χ0n) is 15.0. The minimum Gasteiger partial charge on any atom is -0.469 e. The Kier molecular flexibility index (Phi) is 6.82. The number of esters is 1. The van der Waals surface area contributed by atoms with E-state index in [4.69, 9.17) is 4.74 Å². The van der Waals surface area contributed by atoms with Crippen molar-refractivity contribution in [2.24, 2.45) is 5.92 Å². The zero-order valence-corrected chi connectivity index (χ0v) is 15.0. The van der Waals surface area contributed by atoms with E-state index in [1.165, 1.54) is 31.4 Å². The molecule has 7 heteroatoms. The van der Waals surface area contributed by atoms with Crippen LogP contribution in [0.5, 0.6) is 0 Å². The van der Waals surface area contributed by atoms with Gasteiger partial charge in [0.2, 0.25) is 5.91 Å². The highest BCUT2D eigenvalue weighted by atomic mass is 16.6. The molecule has 0 aliphatic rings. The fourth-order valence-corrected chi connectivity index (χ4v) is 2.59. The number of benzene rings is 2. The Morgan fingerprint density at radius 1 is 1.15 bits per heavy atom. The van der Waals surface area contributed by atoms with Gasteiger partial charge in [-0.2, -0.15) is 0 Å². The normalized spacial score (nSPS) is 13.0. The lowest BCUT2D eigenvalue weighted by Crippen LogP contribution is -2.35. The number of ether oxygens (including phenoxy) is 1. The number of nitro groups is 1. The third-order valence-electron chi connectivity index (χ3n) is 4.04. The van der Waals surface area contributed by atoms with E-state index in [2.05, 4.69) is 5.32 Å². The van der Waals surface area contributed by atoms with Gasteiger partial charge in [-0.15, -0.1) is 0 Å². The van der Waals surface area contributed by atoms with Gasteiger partial charge in [-0.1, -0.05) is 42.5 Å². The van der Waals surface area contributed by atoms with Crippen molar-refractivity contribution in [3.05, 3.63) is 81.9 Å². The van der Waals surface area contributed by atoms with Crippen LogP contribution in [0, 0.1) is 16.0 Å². The van der Waals surface area contributed by atoms with Crippen molar-refractivity contribution < 1.29 is 19.2 Å². The summed E-state index contributed by atoms with van der Waals surface area (Å²) in [6.45, 7) is 1.67. The average molecular weight is 368 g/mol. The molecule has 27 heavy (non-hydrogen) atoms. The van der Waals surface area contributed by atoms with Crippen molar-refractivity contribution in [2.75, 3.05) is 7.11 Å². The van der Waals surface area contributed by atoms with Crippen molar-refractivity contribution in [3.8, 4) is 0 Å². The number of non-ortho nitro benzene ring substituents is 1. The number of rotatable bonds is 7. The molecule has 0 aliphatic heterocycles. The molecule has 0 aliphatic carbocycles. The molecular weight excluding hydrogens is 348 g/mol. The van der Waals surface area contributed by atoms with Crippen LogP contribution in [0.2, 0.25) is 0 Å². The zero-order chi connectivity index (χ0) is 19.8. The van der Waals surface area contributed by atoms with E-state index in [0.29, 0.717) is 5.56 Å². The van der Waals surface area contributed by atoms with E-state index in [9.17, 15) is 19.7 Å². The molecule has 0 aromatic heterocycles. The van der Waals surface area contributed by atoms with Crippen LogP contribution in [0.15, 0.2) is 60.7 Å². The van der Waals surface area contributed by atoms with Gasteiger partial charge in [0.25, 0.3) is 5.69 Å². The Morgan fingerprint density at radius 2 is 1.85 bits per heavy atom. The topological polar surface area (TPSA) is 98.5 Å². The SMILES string of the molecule is COC(=O)[C@H](C)[C@@H](NC(=O)/C=C\c1cccc([N+](=O)[O-])c1)c1ccccc1. The number of nitro benzene ring substituents is 1. The van der Waals surface area contributed by atoms with Gasteiger partial charge in [-0.05, 0) is 24.1 Å². The van der Waals surface area contributed by atoms with Gasteiger partial charge < -0.3 is 10.1 Å². The van der Waals surface area contributed by atoms with Gasteiger partial charge in [0.05, 0.1) is 24.0 Å². The van der Waals surface area contributed by atoms with E-state index >= 15 is 0 Å². The van der Waals surface area contributed by atoms with Crippen molar-refractivity contribution in [2.45, 2.75) is 13.0 Å². The van der Waals surface area contributed by atoms with Crippen molar-refractivity contribution in [1.29, 1.82) is 0 Å². The number of carbonyl (C=O) groups excluding carboxylic acids is 2. The summed E-state index contributed by atoms with van der Waals surface area (Å²) in [6, 6.07) is 14.5. The lowest BCUT2D eigenvalue weighted by atomic mass is 9.94. The van der Waals surface area contributed by atoms with Crippen LogP contribution < -0.4 is 5.32 Å². The number of amides is 1. The molecule has 2 rings (SSSR count). The first kappa shape index (κ1) is 19.8. The van der Waals surface area contributed by atoms with Crippen LogP contribution >= 0.6 is 0 Å². The van der Waals surface area contributed by atoms with Crippen molar-refractivity contribution in [1.82, 2.24) is 5.32 Å². The van der Waals surface area contributed by atoms with Crippen LogP contribution in [0.25, 0.3) is 6.08 Å². The minimum absolute atomic E-state index is 0.0565. The highest BCUT2D eigenvalue weighted by Crippen LogP contribution is 2.23. The Morgan fingerprint density at radius 3 is 2.48 bits per heavy atom. The second-order valence-corrected chi connectivity index (χ2v) is 5.89. The first-order valence-electron chi connectivity index (χ1n) is 8.28. The molecule has 0 spiro atoms. The molecule has 0 heterocycles. The van der Waals surface area contributed by atoms with Gasteiger partial charge in [0, 0.05) is 18.2 Å². The smallest absolute Gasteiger partial charge is 0.310 e. The largest absolute Gasteiger partial charge is 0.469 e. The van der Waals surface area contributed by atoms with Crippen LogP contribution in [0.4, 0.5) is 5.69 Å². The average Bonchev–Trinajstić information content (AvgIpc) is 2.70. The molecule has 0 saturated carbocycles. The summed E-state index contributed by atoms with van der Waals surface area (Å²) < 4.78 is 4.79. The summed E-state index contributed by atoms with van der Waals surface area (Å²) in [5.74, 6) is -1.45. The maximum Gasteiger partial charge on any atom is 0.310 e. The molecular formula is C20H20N2O5. The third kappa shape index (κ3) is 5.50. The highest BCUT2D eigenvalue weighted by Gasteiger charge is 2.27. The predicted octanol–water partition coefficient (Wildman–Crippen LogP) is 3.27. The van der Waals surface area contributed by atoms with E-state index < -0.39 is 28.8 Å². The van der Waals surface area contributed by atoms with E-state index in [-0.39, 0.29) is 5.69 Å². The Balaban J connectivity index is 2.17. The number of nitrogens with zero attached hydrogens (tertiary/aromatic N) is 1. The first-order chi connectivity index (χ1) is 12.9. The van der Waals surface area contributed by atoms with Crippen LogP contribution in [-0.2, 0) is 14.3 Å². The third-order valence-corrected chi connectivity index (χ3v) is 4.04. The van der Waals surface area contributed by atoms with Gasteiger partial charge in [-0.3, -0.25) is 19.7 Å². The number of methoxy groups -OCH3 is 1. The van der Waals surface area contributed by atoms with Crippen LogP contribution in [0.1, 0.15) is 24.1 Å². The standard InChI is InChI=1S/C20H20N2O5/c1-14(20(24)27-2)19(16-8-4-3-5-9-16)21-18(23)12-11-15-7-6-10-17(13-15)22(25)26/h3-14,19H,1-2H3,(H,21,23)/b12-11-/t14-,19-/m1/s1. The van der Waals surface area contributed by atoms with Gasteiger partial charge in [0.1, 0.15) is 0 Å². The van der Waals surface area contributed by atoms with Crippen LogP contribution in [-0.4, -0.2) is 23.9 Å². The maximum atomic E-state index is 12.4. The number of hydrogen-bond donors (Lipinski definition) is 1. The fraction of sp³-hybridized carbons (Fsp3) is 0.200.